The molecule has 0 bridgehead atoms. The van der Waals surface area contributed by atoms with Gasteiger partial charge in [0.15, 0.2) is 11.5 Å². The number of nitrogens with one attached hydrogen (secondary N) is 2. The summed E-state index contributed by atoms with van der Waals surface area (Å²) in [6.07, 6.45) is -5.27. The van der Waals surface area contributed by atoms with Crippen LogP contribution in [0.15, 0.2) is 36.4 Å². The van der Waals surface area contributed by atoms with Gasteiger partial charge in [0, 0.05) is 12.1 Å². The minimum Gasteiger partial charge on any atom is -0.497 e. The van der Waals surface area contributed by atoms with Crippen molar-refractivity contribution < 1.29 is 46.5 Å². The predicted octanol–water partition coefficient (Wildman–Crippen LogP) is 2.50. The second-order valence-corrected chi connectivity index (χ2v) is 7.60. The van der Waals surface area contributed by atoms with Gasteiger partial charge < -0.3 is 24.3 Å². The van der Waals surface area contributed by atoms with Crippen molar-refractivity contribution in [2.75, 3.05) is 35.0 Å². The van der Waals surface area contributed by atoms with Crippen LogP contribution in [0.5, 0.6) is 23.0 Å². The smallest absolute Gasteiger partial charge is 0.440 e. The third-order valence-corrected chi connectivity index (χ3v) is 5.54. The zero-order valence-corrected chi connectivity index (χ0v) is 19.8. The fourth-order valence-electron chi connectivity index (χ4n) is 3.61. The number of nitrogens with zero attached hydrogens (tertiary/aromatic N) is 1. The lowest BCUT2D eigenvalue weighted by Crippen LogP contribution is -2.69. The van der Waals surface area contributed by atoms with Crippen LogP contribution in [0.25, 0.3) is 0 Å². The Morgan fingerprint density at radius 3 is 2.03 bits per heavy atom. The average molecular weight is 511 g/mol. The Kier molecular flexibility index (Phi) is 7.51. The molecular weight excluding hydrogens is 487 g/mol. The molecule has 1 aliphatic rings. The predicted molar refractivity (Wildman–Crippen MR) is 119 cm³/mol. The van der Waals surface area contributed by atoms with Crippen molar-refractivity contribution in [1.82, 2.24) is 15.5 Å². The summed E-state index contributed by atoms with van der Waals surface area (Å²) >= 11 is 0. The Morgan fingerprint density at radius 1 is 0.972 bits per heavy atom. The van der Waals surface area contributed by atoms with Gasteiger partial charge in [-0.15, -0.1) is 0 Å². The van der Waals surface area contributed by atoms with E-state index in [0.29, 0.717) is 16.2 Å². The number of hydrogen-bond donors (Lipinski definition) is 2. The fraction of sp³-hybridized carbons (Fsp3) is 0.348. The first-order chi connectivity index (χ1) is 17.0. The number of imide groups is 1. The lowest BCUT2D eigenvalue weighted by molar-refractivity contribution is -0.200. The van der Waals surface area contributed by atoms with Gasteiger partial charge in [-0.25, -0.2) is 4.79 Å². The second-order valence-electron chi connectivity index (χ2n) is 7.60. The Hall–Kier alpha value is -4.16. The summed E-state index contributed by atoms with van der Waals surface area (Å²) in [6.45, 7) is -0.352. The standard InChI is InChI=1S/C23H24F3N3O7/c1-33-15-7-5-13(6-8-15)9-10-29-20(31)22(23(24,25)26,28-21(29)32)27-19(30)14-11-16(34-2)18(36-4)17(12-14)35-3/h5-8,11-12H,9-10H2,1-4H3,(H,27,30)(H,28,32). The highest BCUT2D eigenvalue weighted by atomic mass is 19.4. The second kappa shape index (κ2) is 10.2. The van der Waals surface area contributed by atoms with E-state index >= 15 is 0 Å². The van der Waals surface area contributed by atoms with Crippen molar-refractivity contribution in [2.45, 2.75) is 18.3 Å². The Bertz CT molecular complexity index is 1130. The van der Waals surface area contributed by atoms with Crippen molar-refractivity contribution in [2.24, 2.45) is 0 Å². The van der Waals surface area contributed by atoms with E-state index in [9.17, 15) is 27.6 Å². The van der Waals surface area contributed by atoms with Gasteiger partial charge in [0.25, 0.3) is 17.5 Å². The van der Waals surface area contributed by atoms with Crippen LogP contribution in [-0.4, -0.2) is 69.6 Å². The molecule has 2 aromatic carbocycles. The van der Waals surface area contributed by atoms with Gasteiger partial charge in [-0.2, -0.15) is 13.2 Å². The van der Waals surface area contributed by atoms with Crippen LogP contribution < -0.4 is 29.6 Å². The summed E-state index contributed by atoms with van der Waals surface area (Å²) < 4.78 is 63.0. The number of benzene rings is 2. The largest absolute Gasteiger partial charge is 0.497 e. The molecular formula is C23H24F3N3O7. The molecule has 3 rings (SSSR count). The molecule has 10 nitrogen and oxygen atoms in total. The number of amides is 4. The third-order valence-electron chi connectivity index (χ3n) is 5.54. The van der Waals surface area contributed by atoms with Crippen LogP contribution in [-0.2, 0) is 11.2 Å². The summed E-state index contributed by atoms with van der Waals surface area (Å²) in [5.41, 5.74) is -3.34. The normalized spacial score (nSPS) is 17.5. The first-order valence-corrected chi connectivity index (χ1v) is 10.5. The van der Waals surface area contributed by atoms with Crippen LogP contribution in [0, 0.1) is 0 Å². The Balaban J connectivity index is 1.88. The number of carbonyl (C=O) groups excluding carboxylic acids is 3. The van der Waals surface area contributed by atoms with Gasteiger partial charge in [0.1, 0.15) is 5.75 Å². The summed E-state index contributed by atoms with van der Waals surface area (Å²) in [7, 11) is 5.31. The lowest BCUT2D eigenvalue weighted by atomic mass is 10.1. The van der Waals surface area contributed by atoms with Crippen LogP contribution in [0.4, 0.5) is 18.0 Å². The van der Waals surface area contributed by atoms with Crippen molar-refractivity contribution in [3.63, 3.8) is 0 Å². The van der Waals surface area contributed by atoms with Gasteiger partial charge in [-0.1, -0.05) is 12.1 Å². The summed E-state index contributed by atoms with van der Waals surface area (Å²) in [4.78, 5) is 38.7. The number of carbonyl (C=O) groups is 3. The highest BCUT2D eigenvalue weighted by Gasteiger charge is 2.68. The van der Waals surface area contributed by atoms with E-state index < -0.39 is 29.7 Å². The number of urea groups is 1. The van der Waals surface area contributed by atoms with Crippen LogP contribution in [0.2, 0.25) is 0 Å². The molecule has 13 heteroatoms. The number of alkyl halides is 3. The zero-order chi connectivity index (χ0) is 26.7. The quantitative estimate of drug-likeness (QED) is 0.497. The molecule has 2 N–H and O–H groups in total. The van der Waals surface area contributed by atoms with Crippen molar-refractivity contribution in [3.05, 3.63) is 47.5 Å². The average Bonchev–Trinajstić information content (AvgIpc) is 3.11. The van der Waals surface area contributed by atoms with E-state index in [1.54, 1.807) is 34.9 Å². The number of methoxy groups -OCH3 is 4. The molecule has 0 saturated carbocycles. The molecule has 0 radical (unpaired) electrons. The van der Waals surface area contributed by atoms with Gasteiger partial charge in [0.05, 0.1) is 28.4 Å². The van der Waals surface area contributed by atoms with E-state index in [1.807, 2.05) is 0 Å². The molecule has 4 amide bonds. The van der Waals surface area contributed by atoms with E-state index in [2.05, 4.69) is 0 Å². The first kappa shape index (κ1) is 26.4. The van der Waals surface area contributed by atoms with Crippen LogP contribution in [0.3, 0.4) is 0 Å². The minimum atomic E-state index is -5.36. The molecule has 1 saturated heterocycles. The van der Waals surface area contributed by atoms with Gasteiger partial charge in [0.2, 0.25) is 5.75 Å². The van der Waals surface area contributed by atoms with Crippen molar-refractivity contribution in [1.29, 1.82) is 0 Å². The maximum atomic E-state index is 14.2. The van der Waals surface area contributed by atoms with Gasteiger partial charge in [-0.05, 0) is 36.2 Å². The summed E-state index contributed by atoms with van der Waals surface area (Å²) in [6, 6.07) is 7.52. The highest BCUT2D eigenvalue weighted by molar-refractivity contribution is 6.10. The third kappa shape index (κ3) is 4.81. The molecule has 0 spiro atoms. The van der Waals surface area contributed by atoms with Crippen molar-refractivity contribution in [3.8, 4) is 23.0 Å². The summed E-state index contributed by atoms with van der Waals surface area (Å²) in [5.74, 6) is -2.28. The molecule has 1 aliphatic heterocycles. The minimum absolute atomic E-state index is 0.00552. The molecule has 2 aromatic rings. The number of rotatable bonds is 9. The van der Waals surface area contributed by atoms with E-state index in [1.165, 1.54) is 28.4 Å². The molecule has 1 atom stereocenters. The molecule has 1 heterocycles. The van der Waals surface area contributed by atoms with Crippen LogP contribution in [0.1, 0.15) is 15.9 Å². The monoisotopic (exact) mass is 511 g/mol. The molecule has 1 unspecified atom stereocenters. The van der Waals surface area contributed by atoms with Crippen LogP contribution >= 0.6 is 0 Å². The highest BCUT2D eigenvalue weighted by Crippen LogP contribution is 2.39. The van der Waals surface area contributed by atoms with Gasteiger partial charge in [-0.3, -0.25) is 19.8 Å². The topological polar surface area (TPSA) is 115 Å². The first-order valence-electron chi connectivity index (χ1n) is 10.5. The summed E-state index contributed by atoms with van der Waals surface area (Å²) in [5, 5.41) is 3.27. The Labute approximate surface area is 204 Å². The van der Waals surface area contributed by atoms with E-state index in [0.717, 1.165) is 12.1 Å². The van der Waals surface area contributed by atoms with Crippen molar-refractivity contribution >= 4 is 17.8 Å². The fourth-order valence-corrected chi connectivity index (χ4v) is 3.61. The number of hydrogen-bond acceptors (Lipinski definition) is 7. The van der Waals surface area contributed by atoms with E-state index in [4.69, 9.17) is 18.9 Å². The molecule has 194 valence electrons. The maximum Gasteiger partial charge on any atom is 0.440 e. The maximum absolute atomic E-state index is 14.2. The van der Waals surface area contributed by atoms with Gasteiger partial charge >= 0.3 is 12.2 Å². The molecule has 1 fully saturated rings. The molecule has 0 aliphatic carbocycles. The SMILES string of the molecule is COc1ccc(CCN2C(=O)NC(NC(=O)c3cc(OC)c(OC)c(OC)c3)(C(F)(F)F)C2=O)cc1. The number of halogens is 3. The zero-order valence-electron chi connectivity index (χ0n) is 19.8. The molecule has 36 heavy (non-hydrogen) atoms. The molecule has 0 aromatic heterocycles. The Morgan fingerprint density at radius 2 is 1.56 bits per heavy atom. The lowest BCUT2D eigenvalue weighted by Gasteiger charge is -2.30. The van der Waals surface area contributed by atoms with E-state index in [-0.39, 0.29) is 35.8 Å². The number of ether oxygens (including phenoxy) is 4.